The third kappa shape index (κ3) is 8.45. The third-order valence-corrected chi connectivity index (χ3v) is 9.26. The van der Waals surface area contributed by atoms with E-state index in [0.29, 0.717) is 27.7 Å². The highest BCUT2D eigenvalue weighted by Crippen LogP contribution is 2.39. The van der Waals surface area contributed by atoms with Crippen molar-refractivity contribution in [3.8, 4) is 5.75 Å². The summed E-state index contributed by atoms with van der Waals surface area (Å²) >= 11 is 9.06. The van der Waals surface area contributed by atoms with Gasteiger partial charge in [0.25, 0.3) is 11.8 Å². The van der Waals surface area contributed by atoms with Gasteiger partial charge in [0, 0.05) is 32.1 Å². The summed E-state index contributed by atoms with van der Waals surface area (Å²) in [5.74, 6) is -0.679. The van der Waals surface area contributed by atoms with Gasteiger partial charge < -0.3 is 20.7 Å². The van der Waals surface area contributed by atoms with Gasteiger partial charge in [-0.25, -0.2) is 0 Å². The molecule has 0 fully saturated rings. The van der Waals surface area contributed by atoms with Crippen molar-refractivity contribution in [3.63, 3.8) is 0 Å². The van der Waals surface area contributed by atoms with Gasteiger partial charge >= 0.3 is 0 Å². The molecule has 0 radical (unpaired) electrons. The monoisotopic (exact) mass is 667 g/mol. The average molecular weight is 668 g/mol. The molecular weight excluding hydrogens is 638 g/mol. The molecule has 0 saturated heterocycles. The molecule has 1 heterocycles. The largest absolute Gasteiger partial charge is 0.495 e. The Hall–Kier alpha value is -4.83. The molecule has 232 valence electrons. The fraction of sp³-hybridized carbons (Fsp3) is 0.0833. The number of amides is 3. The van der Waals surface area contributed by atoms with E-state index in [0.717, 1.165) is 20.9 Å². The molecule has 1 unspecified atom stereocenters. The zero-order chi connectivity index (χ0) is 32.5. The third-order valence-electron chi connectivity index (χ3n) is 6.78. The predicted octanol–water partition coefficient (Wildman–Crippen LogP) is 8.60. The first-order chi connectivity index (χ1) is 22.3. The first-order valence-corrected chi connectivity index (χ1v) is 16.3. The summed E-state index contributed by atoms with van der Waals surface area (Å²) in [7, 11) is 1.52. The number of halogens is 1. The Labute approximate surface area is 280 Å². The van der Waals surface area contributed by atoms with Crippen molar-refractivity contribution in [2.24, 2.45) is 0 Å². The van der Waals surface area contributed by atoms with Crippen LogP contribution in [0.25, 0.3) is 6.08 Å². The van der Waals surface area contributed by atoms with E-state index in [1.807, 2.05) is 66.9 Å². The number of carbonyl (C=O) groups is 3. The minimum absolute atomic E-state index is 0.100. The average Bonchev–Trinajstić information content (AvgIpc) is 3.59. The number of aryl methyl sites for hydroxylation is 1. The van der Waals surface area contributed by atoms with E-state index in [4.69, 9.17) is 16.3 Å². The van der Waals surface area contributed by atoms with E-state index in [1.165, 1.54) is 30.2 Å². The molecule has 10 heteroatoms. The van der Waals surface area contributed by atoms with Gasteiger partial charge in [0.15, 0.2) is 0 Å². The molecule has 5 rings (SSSR count). The van der Waals surface area contributed by atoms with Gasteiger partial charge in [-0.3, -0.25) is 14.4 Å². The molecule has 1 atom stereocenters. The maximum atomic E-state index is 13.8. The van der Waals surface area contributed by atoms with Crippen LogP contribution in [-0.4, -0.2) is 24.8 Å². The van der Waals surface area contributed by atoms with Crippen LogP contribution in [0.3, 0.4) is 0 Å². The maximum Gasteiger partial charge on any atom is 0.272 e. The molecule has 0 saturated carbocycles. The van der Waals surface area contributed by atoms with E-state index >= 15 is 0 Å². The summed E-state index contributed by atoms with van der Waals surface area (Å²) in [5.41, 5.74) is 3.15. The first-order valence-electron chi connectivity index (χ1n) is 14.2. The topological polar surface area (TPSA) is 96.5 Å². The highest BCUT2D eigenvalue weighted by Gasteiger charge is 2.24. The van der Waals surface area contributed by atoms with E-state index in [1.54, 1.807) is 60.7 Å². The van der Waals surface area contributed by atoms with Crippen LogP contribution in [0.4, 0.5) is 11.4 Å². The van der Waals surface area contributed by atoms with Gasteiger partial charge in [-0.05, 0) is 72.0 Å². The molecule has 0 aliphatic carbocycles. The van der Waals surface area contributed by atoms with Crippen molar-refractivity contribution >= 4 is 69.9 Å². The SMILES string of the molecule is COc1cc(Cl)c(C)cc1NC(=O)C(Sc1cccc(NC(=O)/C(=C/c2cccs2)NC(=O)c2ccccc2)c1)c1ccccc1. The molecule has 0 bridgehead atoms. The van der Waals surface area contributed by atoms with Gasteiger partial charge in [-0.15, -0.1) is 23.1 Å². The molecule has 4 aromatic carbocycles. The lowest BCUT2D eigenvalue weighted by Crippen LogP contribution is -2.30. The van der Waals surface area contributed by atoms with Crippen LogP contribution in [0.2, 0.25) is 5.02 Å². The second kappa shape index (κ2) is 15.4. The zero-order valence-electron chi connectivity index (χ0n) is 25.0. The van der Waals surface area contributed by atoms with Gasteiger partial charge in [0.05, 0.1) is 12.8 Å². The van der Waals surface area contributed by atoms with Gasteiger partial charge in [0.2, 0.25) is 5.91 Å². The summed E-state index contributed by atoms with van der Waals surface area (Å²) in [4.78, 5) is 41.8. The standard InChI is InChI=1S/C36H30ClN3O4S2/c1-23-19-30(32(44-2)22-29(23)37)39-36(43)33(24-11-5-3-6-12-24)46-28-16-9-15-26(20-28)38-35(42)31(21-27-17-10-18-45-27)40-34(41)25-13-7-4-8-14-25/h3-22,33H,1-2H3,(H,38,42)(H,39,43)(H,40,41)/b31-21-. The number of thiophene rings is 1. The Morgan fingerprint density at radius 3 is 2.30 bits per heavy atom. The number of methoxy groups -OCH3 is 1. The lowest BCUT2D eigenvalue weighted by molar-refractivity contribution is -0.116. The Morgan fingerprint density at radius 1 is 0.870 bits per heavy atom. The summed E-state index contributed by atoms with van der Waals surface area (Å²) in [5, 5.41) is 10.5. The Morgan fingerprint density at radius 2 is 1.61 bits per heavy atom. The predicted molar refractivity (Wildman–Crippen MR) is 188 cm³/mol. The van der Waals surface area contributed by atoms with Gasteiger partial charge in [-0.2, -0.15) is 0 Å². The van der Waals surface area contributed by atoms with E-state index in [9.17, 15) is 14.4 Å². The maximum absolute atomic E-state index is 13.8. The molecule has 46 heavy (non-hydrogen) atoms. The van der Waals surface area contributed by atoms with Crippen LogP contribution in [-0.2, 0) is 9.59 Å². The minimum atomic E-state index is -0.632. The molecule has 1 aromatic heterocycles. The van der Waals surface area contributed by atoms with Crippen molar-refractivity contribution in [2.45, 2.75) is 17.1 Å². The number of nitrogens with one attached hydrogen (secondary N) is 3. The molecule has 0 aliphatic heterocycles. The van der Waals surface area contributed by atoms with Crippen LogP contribution >= 0.6 is 34.7 Å². The van der Waals surface area contributed by atoms with E-state index in [2.05, 4.69) is 16.0 Å². The highest BCUT2D eigenvalue weighted by atomic mass is 35.5. The Bertz CT molecular complexity index is 1860. The molecule has 7 nitrogen and oxygen atoms in total. The molecule has 5 aromatic rings. The van der Waals surface area contributed by atoms with Crippen molar-refractivity contribution in [3.05, 3.63) is 147 Å². The number of anilines is 2. The lowest BCUT2D eigenvalue weighted by atomic mass is 10.1. The van der Waals surface area contributed by atoms with E-state index in [-0.39, 0.29) is 11.6 Å². The first kappa shape index (κ1) is 32.6. The van der Waals surface area contributed by atoms with Crippen molar-refractivity contribution < 1.29 is 19.1 Å². The number of ether oxygens (including phenoxy) is 1. The zero-order valence-corrected chi connectivity index (χ0v) is 27.3. The number of hydrogen-bond acceptors (Lipinski definition) is 6. The van der Waals surface area contributed by atoms with Crippen molar-refractivity contribution in [1.82, 2.24) is 5.32 Å². The number of thioether (sulfide) groups is 1. The van der Waals surface area contributed by atoms with E-state index < -0.39 is 17.1 Å². The van der Waals surface area contributed by atoms with Crippen LogP contribution in [0.1, 0.15) is 31.6 Å². The Kier molecular flexibility index (Phi) is 10.9. The van der Waals surface area contributed by atoms with Gasteiger partial charge in [0.1, 0.15) is 16.7 Å². The smallest absolute Gasteiger partial charge is 0.272 e. The molecule has 3 N–H and O–H groups in total. The van der Waals surface area contributed by atoms with Crippen molar-refractivity contribution in [2.75, 3.05) is 17.7 Å². The van der Waals surface area contributed by atoms with Crippen molar-refractivity contribution in [1.29, 1.82) is 0 Å². The summed E-state index contributed by atoms with van der Waals surface area (Å²) in [6.45, 7) is 1.86. The second-order valence-electron chi connectivity index (χ2n) is 10.1. The molecule has 0 spiro atoms. The van der Waals surface area contributed by atoms with Crippen LogP contribution in [0, 0.1) is 6.92 Å². The molecular formula is C36H30ClN3O4S2. The minimum Gasteiger partial charge on any atom is -0.495 e. The summed E-state index contributed by atoms with van der Waals surface area (Å²) in [6.07, 6.45) is 1.64. The van der Waals surface area contributed by atoms with Gasteiger partial charge in [-0.1, -0.05) is 72.3 Å². The number of hydrogen-bond donors (Lipinski definition) is 3. The molecule has 0 aliphatic rings. The van der Waals surface area contributed by atoms with Crippen LogP contribution < -0.4 is 20.7 Å². The number of rotatable bonds is 11. The summed E-state index contributed by atoms with van der Waals surface area (Å²) in [6, 6.07) is 32.5. The normalized spacial score (nSPS) is 11.8. The quantitative estimate of drug-likeness (QED) is 0.0968. The number of benzene rings is 4. The summed E-state index contributed by atoms with van der Waals surface area (Å²) < 4.78 is 5.46. The lowest BCUT2D eigenvalue weighted by Gasteiger charge is -2.19. The second-order valence-corrected chi connectivity index (χ2v) is 12.6. The van der Waals surface area contributed by atoms with Crippen LogP contribution in [0.5, 0.6) is 5.75 Å². The fourth-order valence-electron chi connectivity index (χ4n) is 4.47. The molecule has 3 amide bonds. The fourth-order valence-corrected chi connectivity index (χ4v) is 6.36. The highest BCUT2D eigenvalue weighted by molar-refractivity contribution is 8.00. The van der Waals surface area contributed by atoms with Crippen LogP contribution in [0.15, 0.2) is 125 Å². The Balaban J connectivity index is 1.37. The number of carbonyl (C=O) groups excluding carboxylic acids is 3.